The minimum atomic E-state index is -6.09. The van der Waals surface area contributed by atoms with Gasteiger partial charge in [-0.3, -0.25) is 4.79 Å². The number of benzene rings is 2. The van der Waals surface area contributed by atoms with Crippen LogP contribution in [0.15, 0.2) is 36.4 Å². The predicted molar refractivity (Wildman–Crippen MR) is 90.2 cm³/mol. The second kappa shape index (κ2) is 9.16. The lowest BCUT2D eigenvalue weighted by Gasteiger charge is -2.08. The molecule has 2 aromatic rings. The first kappa shape index (κ1) is 23.6. The van der Waals surface area contributed by atoms with Gasteiger partial charge in [0, 0.05) is 16.7 Å². The highest BCUT2D eigenvalue weighted by molar-refractivity contribution is 7.86. The smallest absolute Gasteiger partial charge is 0.485 e. The Morgan fingerprint density at radius 2 is 1.41 bits per heavy atom. The zero-order valence-electron chi connectivity index (χ0n) is 15.0. The zero-order chi connectivity index (χ0) is 21.0. The fourth-order valence-electron chi connectivity index (χ4n) is 2.17. The summed E-state index contributed by atoms with van der Waals surface area (Å²) in [6.45, 7) is 8.14. The van der Waals surface area contributed by atoms with Gasteiger partial charge in [-0.05, 0) is 52.0 Å². The molecule has 9 heteroatoms. The van der Waals surface area contributed by atoms with Gasteiger partial charge in [0.1, 0.15) is 0 Å². The second-order valence-electron chi connectivity index (χ2n) is 5.77. The van der Waals surface area contributed by atoms with E-state index in [9.17, 15) is 18.0 Å². The van der Waals surface area contributed by atoms with Crippen molar-refractivity contribution in [1.82, 2.24) is 0 Å². The summed E-state index contributed by atoms with van der Waals surface area (Å²) in [7, 11) is -6.09. The molecule has 0 unspecified atom stereocenters. The lowest BCUT2D eigenvalue weighted by Crippen LogP contribution is -3.62. The van der Waals surface area contributed by atoms with Crippen molar-refractivity contribution in [2.24, 2.45) is 0 Å². The first-order valence-electron chi connectivity index (χ1n) is 7.58. The third-order valence-corrected chi connectivity index (χ3v) is 7.47. The summed E-state index contributed by atoms with van der Waals surface area (Å²) in [5.41, 5.74) is -0.741. The van der Waals surface area contributed by atoms with Crippen molar-refractivity contribution in [3.8, 4) is 0 Å². The third kappa shape index (κ3) is 7.23. The van der Waals surface area contributed by atoms with Gasteiger partial charge < -0.3 is 4.55 Å². The molecular formula is C18H18F3IO4S. The third-order valence-electron chi connectivity index (χ3n) is 3.32. The summed E-state index contributed by atoms with van der Waals surface area (Å²) in [6, 6.07) is 12.6. The summed E-state index contributed by atoms with van der Waals surface area (Å²) >= 11 is -0.171. The van der Waals surface area contributed by atoms with Crippen molar-refractivity contribution in [1.29, 1.82) is 0 Å². The van der Waals surface area contributed by atoms with Crippen LogP contribution < -0.4 is 21.2 Å². The molecule has 0 saturated carbocycles. The Bertz CT molecular complexity index is 898. The quantitative estimate of drug-likeness (QED) is 0.265. The fraction of sp³-hybridized carbons (Fsp3) is 0.278. The van der Waals surface area contributed by atoms with Crippen molar-refractivity contribution in [3.05, 3.63) is 65.8 Å². The standard InChI is InChI=1S/C17H18IO.CHF3O3S/c1-11-9-12(2)17(13(3)10-11)18-16-7-5-15(6-8-16)14(4)19;2-1(3,4)8(5,6)7/h5-10H,1-4H3;(H,5,6,7)/q+1;/p-1. The number of ketones is 1. The SMILES string of the molecule is CC(=O)c1ccc([I+]c2c(C)cc(C)cc2C)cc1.O=S(=O)([O-])C(F)(F)F. The molecule has 4 nitrogen and oxygen atoms in total. The van der Waals surface area contributed by atoms with Crippen molar-refractivity contribution < 1.29 is 52.1 Å². The molecule has 0 aromatic heterocycles. The zero-order valence-corrected chi connectivity index (χ0v) is 18.0. The number of Topliss-reactive ketones (excluding diaryl/α,β-unsaturated/α-hetero) is 1. The number of carbonyl (C=O) groups excluding carboxylic acids is 1. The monoisotopic (exact) mass is 514 g/mol. The van der Waals surface area contributed by atoms with Crippen LogP contribution in [0.5, 0.6) is 0 Å². The number of rotatable bonds is 3. The van der Waals surface area contributed by atoms with Crippen LogP contribution in [0.2, 0.25) is 0 Å². The lowest BCUT2D eigenvalue weighted by atomic mass is 10.1. The van der Waals surface area contributed by atoms with E-state index in [4.69, 9.17) is 13.0 Å². The van der Waals surface area contributed by atoms with Crippen LogP contribution in [-0.2, 0) is 10.1 Å². The first-order valence-corrected chi connectivity index (χ1v) is 11.1. The summed E-state index contributed by atoms with van der Waals surface area (Å²) in [4.78, 5) is 11.3. The van der Waals surface area contributed by atoms with Gasteiger partial charge in [0.2, 0.25) is 0 Å². The van der Waals surface area contributed by atoms with Crippen LogP contribution in [0.4, 0.5) is 13.2 Å². The maximum atomic E-state index is 11.3. The molecule has 2 rings (SSSR count). The van der Waals surface area contributed by atoms with Crippen LogP contribution in [0, 0.1) is 27.9 Å². The highest BCUT2D eigenvalue weighted by Crippen LogP contribution is 2.20. The van der Waals surface area contributed by atoms with Crippen LogP contribution in [0.25, 0.3) is 0 Å². The van der Waals surface area contributed by atoms with E-state index in [1.807, 2.05) is 12.1 Å². The molecule has 0 saturated heterocycles. The molecule has 0 aliphatic heterocycles. The predicted octanol–water partition coefficient (Wildman–Crippen LogP) is 0.994. The van der Waals surface area contributed by atoms with E-state index >= 15 is 0 Å². The molecule has 0 atom stereocenters. The number of aryl methyl sites for hydroxylation is 3. The van der Waals surface area contributed by atoms with Gasteiger partial charge in [0.15, 0.2) is 23.0 Å². The average Bonchev–Trinajstić information content (AvgIpc) is 2.50. The number of alkyl halides is 3. The molecular weight excluding hydrogens is 496 g/mol. The van der Waals surface area contributed by atoms with Crippen LogP contribution in [-0.4, -0.2) is 24.3 Å². The highest BCUT2D eigenvalue weighted by Gasteiger charge is 2.36. The molecule has 0 aliphatic rings. The molecule has 0 N–H and O–H groups in total. The molecule has 148 valence electrons. The summed E-state index contributed by atoms with van der Waals surface area (Å²) < 4.78 is 61.8. The topological polar surface area (TPSA) is 74.3 Å². The minimum absolute atomic E-state index is 0.132. The normalized spacial score (nSPS) is 11.6. The van der Waals surface area contributed by atoms with E-state index in [1.54, 1.807) is 6.92 Å². The van der Waals surface area contributed by atoms with Gasteiger partial charge in [-0.2, -0.15) is 13.2 Å². The fourth-order valence-corrected chi connectivity index (χ4v) is 4.67. The Labute approximate surface area is 166 Å². The molecule has 0 radical (unpaired) electrons. The largest absolute Gasteiger partial charge is 0.741 e. The Hall–Kier alpha value is -1.46. The maximum absolute atomic E-state index is 11.3. The summed E-state index contributed by atoms with van der Waals surface area (Å²) in [5.74, 6) is 0.132. The van der Waals surface area contributed by atoms with Gasteiger partial charge >= 0.3 is 26.7 Å². The van der Waals surface area contributed by atoms with E-state index in [0.29, 0.717) is 0 Å². The number of hydrogen-bond donors (Lipinski definition) is 0. The number of carbonyl (C=O) groups is 1. The molecule has 0 fully saturated rings. The maximum Gasteiger partial charge on any atom is 0.485 e. The van der Waals surface area contributed by atoms with E-state index in [2.05, 4.69) is 45.0 Å². The molecule has 0 aliphatic carbocycles. The van der Waals surface area contributed by atoms with Crippen molar-refractivity contribution in [2.45, 2.75) is 33.2 Å². The van der Waals surface area contributed by atoms with Crippen LogP contribution in [0.1, 0.15) is 34.0 Å². The Morgan fingerprint density at radius 1 is 1.00 bits per heavy atom. The Morgan fingerprint density at radius 3 is 1.74 bits per heavy atom. The molecule has 0 amide bonds. The highest BCUT2D eigenvalue weighted by atomic mass is 127. The van der Waals surface area contributed by atoms with Crippen LogP contribution in [0.3, 0.4) is 0 Å². The molecule has 0 bridgehead atoms. The van der Waals surface area contributed by atoms with E-state index in [0.717, 1.165) is 5.56 Å². The van der Waals surface area contributed by atoms with Crippen molar-refractivity contribution in [3.63, 3.8) is 0 Å². The molecule has 0 heterocycles. The van der Waals surface area contributed by atoms with Crippen molar-refractivity contribution in [2.75, 3.05) is 0 Å². The molecule has 0 spiro atoms. The second-order valence-corrected chi connectivity index (χ2v) is 10.0. The first-order chi connectivity index (χ1) is 12.2. The number of halogens is 4. The number of hydrogen-bond acceptors (Lipinski definition) is 4. The molecule has 2 aromatic carbocycles. The Balaban J connectivity index is 0.000000387. The van der Waals surface area contributed by atoms with E-state index < -0.39 is 15.6 Å². The van der Waals surface area contributed by atoms with Gasteiger partial charge in [0.05, 0.1) is 0 Å². The van der Waals surface area contributed by atoms with E-state index in [-0.39, 0.29) is 27.0 Å². The van der Waals surface area contributed by atoms with Gasteiger partial charge in [0.25, 0.3) is 0 Å². The lowest BCUT2D eigenvalue weighted by molar-refractivity contribution is -0.598. The Kier molecular flexibility index (Phi) is 8.00. The average molecular weight is 514 g/mol. The van der Waals surface area contributed by atoms with Crippen molar-refractivity contribution >= 4 is 15.9 Å². The summed E-state index contributed by atoms with van der Waals surface area (Å²) in [5, 5.41) is 0. The van der Waals surface area contributed by atoms with Crippen LogP contribution >= 0.6 is 0 Å². The van der Waals surface area contributed by atoms with Gasteiger partial charge in [-0.15, -0.1) is 0 Å². The van der Waals surface area contributed by atoms with E-state index in [1.165, 1.54) is 23.8 Å². The van der Waals surface area contributed by atoms with Gasteiger partial charge in [-0.1, -0.05) is 17.7 Å². The minimum Gasteiger partial charge on any atom is -0.741 e. The summed E-state index contributed by atoms with van der Waals surface area (Å²) in [6.07, 6.45) is 0. The molecule has 27 heavy (non-hydrogen) atoms. The van der Waals surface area contributed by atoms with Gasteiger partial charge in [-0.25, -0.2) is 8.42 Å².